The summed E-state index contributed by atoms with van der Waals surface area (Å²) in [5.74, 6) is 0.190. The van der Waals surface area contributed by atoms with Crippen molar-refractivity contribution in [2.24, 2.45) is 0 Å². The smallest absolute Gasteiger partial charge is 0.0969 e. The highest BCUT2D eigenvalue weighted by Crippen LogP contribution is 2.31. The van der Waals surface area contributed by atoms with Crippen LogP contribution in [0.15, 0.2) is 40.5 Å². The number of nitrogens with one attached hydrogen (secondary N) is 1. The van der Waals surface area contributed by atoms with Gasteiger partial charge in [0.15, 0.2) is 0 Å². The minimum atomic E-state index is 0.190. The Balaban J connectivity index is 2.38. The summed E-state index contributed by atoms with van der Waals surface area (Å²) in [7, 11) is 0. The van der Waals surface area contributed by atoms with E-state index in [1.54, 1.807) is 6.20 Å². The monoisotopic (exact) mass is 248 g/mol. The van der Waals surface area contributed by atoms with Crippen LogP contribution in [0.3, 0.4) is 0 Å². The van der Waals surface area contributed by atoms with Crippen LogP contribution in [0.25, 0.3) is 0 Å². The zero-order valence-electron chi connectivity index (χ0n) is 7.50. The van der Waals surface area contributed by atoms with E-state index in [1.165, 1.54) is 5.56 Å². The third-order valence-corrected chi connectivity index (χ3v) is 3.09. The van der Waals surface area contributed by atoms with Gasteiger partial charge in [0.1, 0.15) is 0 Å². The average Bonchev–Trinajstić information content (AvgIpc) is 2.66. The van der Waals surface area contributed by atoms with Crippen LogP contribution in [0.2, 0.25) is 0 Å². The number of nitriles is 1. The standard InChI is InChI=1S/C11H9BrN2/c12-11-4-2-1-3-9(11)10-7-14-6-8(10)5-13/h1-4,6,10,14H,7H2. The largest absolute Gasteiger partial charge is 0.389 e. The summed E-state index contributed by atoms with van der Waals surface area (Å²) >= 11 is 3.50. The lowest BCUT2D eigenvalue weighted by Crippen LogP contribution is -2.09. The fourth-order valence-corrected chi connectivity index (χ4v) is 2.20. The van der Waals surface area contributed by atoms with Gasteiger partial charge in [0, 0.05) is 23.1 Å². The van der Waals surface area contributed by atoms with Crippen LogP contribution in [0.1, 0.15) is 11.5 Å². The molecule has 0 bridgehead atoms. The minimum Gasteiger partial charge on any atom is -0.389 e. The molecule has 1 unspecified atom stereocenters. The molecular formula is C11H9BrN2. The number of hydrogen-bond donors (Lipinski definition) is 1. The number of rotatable bonds is 1. The van der Waals surface area contributed by atoms with Crippen LogP contribution in [0, 0.1) is 11.3 Å². The Labute approximate surface area is 91.4 Å². The minimum absolute atomic E-state index is 0.190. The maximum Gasteiger partial charge on any atom is 0.0969 e. The van der Waals surface area contributed by atoms with E-state index in [0.29, 0.717) is 0 Å². The molecule has 2 rings (SSSR count). The molecule has 0 saturated heterocycles. The predicted octanol–water partition coefficient (Wildman–Crippen LogP) is 2.54. The van der Waals surface area contributed by atoms with Gasteiger partial charge in [-0.1, -0.05) is 34.1 Å². The van der Waals surface area contributed by atoms with E-state index in [0.717, 1.165) is 16.6 Å². The number of nitrogens with zero attached hydrogens (tertiary/aromatic N) is 1. The Kier molecular flexibility index (Phi) is 2.55. The SMILES string of the molecule is N#CC1=CNCC1c1ccccc1Br. The van der Waals surface area contributed by atoms with Crippen molar-refractivity contribution in [1.29, 1.82) is 5.26 Å². The Hall–Kier alpha value is -1.27. The molecule has 1 heterocycles. The second-order valence-electron chi connectivity index (χ2n) is 3.19. The quantitative estimate of drug-likeness (QED) is 0.830. The zero-order valence-corrected chi connectivity index (χ0v) is 9.08. The molecule has 1 N–H and O–H groups in total. The van der Waals surface area contributed by atoms with E-state index in [2.05, 4.69) is 27.3 Å². The highest BCUT2D eigenvalue weighted by Gasteiger charge is 2.22. The van der Waals surface area contributed by atoms with E-state index in [1.807, 2.05) is 24.3 Å². The van der Waals surface area contributed by atoms with Gasteiger partial charge in [0.25, 0.3) is 0 Å². The molecule has 0 fully saturated rings. The number of benzene rings is 1. The summed E-state index contributed by atoms with van der Waals surface area (Å²) < 4.78 is 1.06. The molecule has 1 aliphatic heterocycles. The fourth-order valence-electron chi connectivity index (χ4n) is 1.64. The van der Waals surface area contributed by atoms with Gasteiger partial charge in [0.05, 0.1) is 11.6 Å². The molecule has 0 amide bonds. The molecule has 0 saturated carbocycles. The third kappa shape index (κ3) is 1.53. The molecule has 0 radical (unpaired) electrons. The van der Waals surface area contributed by atoms with Crippen LogP contribution in [-0.2, 0) is 0 Å². The second-order valence-corrected chi connectivity index (χ2v) is 4.05. The number of hydrogen-bond acceptors (Lipinski definition) is 2. The molecule has 1 aromatic rings. The lowest BCUT2D eigenvalue weighted by atomic mass is 9.94. The van der Waals surface area contributed by atoms with Crippen molar-refractivity contribution < 1.29 is 0 Å². The lowest BCUT2D eigenvalue weighted by Gasteiger charge is -2.11. The van der Waals surface area contributed by atoms with Crippen LogP contribution < -0.4 is 5.32 Å². The van der Waals surface area contributed by atoms with Gasteiger partial charge in [-0.2, -0.15) is 5.26 Å². The lowest BCUT2D eigenvalue weighted by molar-refractivity contribution is 0.798. The molecule has 14 heavy (non-hydrogen) atoms. The molecule has 3 heteroatoms. The van der Waals surface area contributed by atoms with Crippen molar-refractivity contribution in [3.05, 3.63) is 46.1 Å². The van der Waals surface area contributed by atoms with Crippen LogP contribution in [-0.4, -0.2) is 6.54 Å². The predicted molar refractivity (Wildman–Crippen MR) is 58.6 cm³/mol. The topological polar surface area (TPSA) is 35.8 Å². The first-order valence-corrected chi connectivity index (χ1v) is 5.20. The molecule has 0 aromatic heterocycles. The van der Waals surface area contributed by atoms with Gasteiger partial charge in [-0.25, -0.2) is 0 Å². The molecule has 0 aliphatic carbocycles. The summed E-state index contributed by atoms with van der Waals surface area (Å²) in [6, 6.07) is 10.2. The van der Waals surface area contributed by atoms with Crippen molar-refractivity contribution in [1.82, 2.24) is 5.32 Å². The van der Waals surface area contributed by atoms with Crippen molar-refractivity contribution in [2.75, 3.05) is 6.54 Å². The molecule has 1 aliphatic rings. The summed E-state index contributed by atoms with van der Waals surface area (Å²) in [5.41, 5.74) is 1.97. The number of halogens is 1. The van der Waals surface area contributed by atoms with Crippen LogP contribution in [0.4, 0.5) is 0 Å². The van der Waals surface area contributed by atoms with E-state index in [9.17, 15) is 0 Å². The van der Waals surface area contributed by atoms with E-state index in [4.69, 9.17) is 5.26 Å². The normalized spacial score (nSPS) is 19.7. The van der Waals surface area contributed by atoms with Gasteiger partial charge >= 0.3 is 0 Å². The highest BCUT2D eigenvalue weighted by molar-refractivity contribution is 9.10. The Morgan fingerprint density at radius 2 is 2.21 bits per heavy atom. The fraction of sp³-hybridized carbons (Fsp3) is 0.182. The maximum atomic E-state index is 8.92. The molecule has 1 atom stereocenters. The van der Waals surface area contributed by atoms with Crippen LogP contribution >= 0.6 is 15.9 Å². The summed E-state index contributed by atoms with van der Waals surface area (Å²) in [6.07, 6.45) is 1.80. The van der Waals surface area contributed by atoms with Gasteiger partial charge in [-0.05, 0) is 11.6 Å². The Morgan fingerprint density at radius 3 is 2.93 bits per heavy atom. The Morgan fingerprint density at radius 1 is 1.43 bits per heavy atom. The second kappa shape index (κ2) is 3.85. The first-order valence-electron chi connectivity index (χ1n) is 4.41. The van der Waals surface area contributed by atoms with Gasteiger partial charge in [0.2, 0.25) is 0 Å². The van der Waals surface area contributed by atoms with Crippen molar-refractivity contribution in [2.45, 2.75) is 5.92 Å². The van der Waals surface area contributed by atoms with Crippen molar-refractivity contribution in [3.63, 3.8) is 0 Å². The molecular weight excluding hydrogens is 240 g/mol. The summed E-state index contributed by atoms with van der Waals surface area (Å²) in [6.45, 7) is 0.811. The first kappa shape index (κ1) is 9.29. The summed E-state index contributed by atoms with van der Waals surface area (Å²) in [4.78, 5) is 0. The van der Waals surface area contributed by atoms with Crippen molar-refractivity contribution in [3.8, 4) is 6.07 Å². The van der Waals surface area contributed by atoms with Gasteiger partial charge in [-0.3, -0.25) is 0 Å². The van der Waals surface area contributed by atoms with E-state index in [-0.39, 0.29) is 5.92 Å². The Bertz CT molecular complexity index is 418. The third-order valence-electron chi connectivity index (χ3n) is 2.36. The van der Waals surface area contributed by atoms with Gasteiger partial charge in [-0.15, -0.1) is 0 Å². The molecule has 1 aromatic carbocycles. The first-order chi connectivity index (χ1) is 6.83. The highest BCUT2D eigenvalue weighted by atomic mass is 79.9. The molecule has 0 spiro atoms. The van der Waals surface area contributed by atoms with Crippen molar-refractivity contribution >= 4 is 15.9 Å². The van der Waals surface area contributed by atoms with Gasteiger partial charge < -0.3 is 5.32 Å². The van der Waals surface area contributed by atoms with E-state index < -0.39 is 0 Å². The van der Waals surface area contributed by atoms with E-state index >= 15 is 0 Å². The van der Waals surface area contributed by atoms with Crippen LogP contribution in [0.5, 0.6) is 0 Å². The average molecular weight is 249 g/mol. The molecule has 2 nitrogen and oxygen atoms in total. The maximum absolute atomic E-state index is 8.92. The summed E-state index contributed by atoms with van der Waals surface area (Å²) in [5, 5.41) is 12.0. The zero-order chi connectivity index (χ0) is 9.97. The molecule has 70 valence electrons.